The summed E-state index contributed by atoms with van der Waals surface area (Å²) in [7, 11) is 0. The lowest BCUT2D eigenvalue weighted by Crippen LogP contribution is -2.14. The zero-order chi connectivity index (χ0) is 27.5. The van der Waals surface area contributed by atoms with Crippen LogP contribution in [0.3, 0.4) is 0 Å². The van der Waals surface area contributed by atoms with E-state index in [2.05, 4.69) is 11.9 Å². The highest BCUT2D eigenvalue weighted by molar-refractivity contribution is 5.88. The Balaban J connectivity index is 0.000000346. The molecule has 0 aliphatic heterocycles. The summed E-state index contributed by atoms with van der Waals surface area (Å²) in [5, 5.41) is 15.2. The number of unbranched alkanes of at least 4 members (excludes halogenated alkanes) is 1. The van der Waals surface area contributed by atoms with Gasteiger partial charge in [0.2, 0.25) is 0 Å². The van der Waals surface area contributed by atoms with Gasteiger partial charge in [-0.15, -0.1) is 0 Å². The minimum atomic E-state index is -0.597. The van der Waals surface area contributed by atoms with Gasteiger partial charge in [0.1, 0.15) is 5.82 Å². The minimum absolute atomic E-state index is 0.125. The van der Waals surface area contributed by atoms with Gasteiger partial charge in [0, 0.05) is 18.0 Å². The Hall–Kier alpha value is -3.62. The second-order valence-electron chi connectivity index (χ2n) is 7.75. The molecule has 0 spiro atoms. The quantitative estimate of drug-likeness (QED) is 0.300. The molecule has 1 aromatic heterocycles. The first-order valence-corrected chi connectivity index (χ1v) is 12.2. The number of aliphatic hydroxyl groups excluding tert-OH is 2. The Bertz CT molecular complexity index is 1040. The lowest BCUT2D eigenvalue weighted by atomic mass is 9.97. The van der Waals surface area contributed by atoms with E-state index in [1.54, 1.807) is 38.2 Å². The second kappa shape index (κ2) is 18.6. The maximum atomic E-state index is 14.2. The molecule has 0 saturated carbocycles. The largest absolute Gasteiger partial charge is 0.466 e. The van der Waals surface area contributed by atoms with Crippen molar-refractivity contribution in [3.8, 4) is 11.1 Å². The van der Waals surface area contributed by atoms with Gasteiger partial charge < -0.3 is 19.7 Å². The molecular weight excluding hydrogens is 477 g/mol. The Kier molecular flexibility index (Phi) is 15.8. The van der Waals surface area contributed by atoms with Crippen LogP contribution in [0.1, 0.15) is 55.5 Å². The van der Waals surface area contributed by atoms with Crippen molar-refractivity contribution in [2.75, 3.05) is 26.4 Å². The Morgan fingerprint density at radius 1 is 0.946 bits per heavy atom. The van der Waals surface area contributed by atoms with Gasteiger partial charge in [-0.2, -0.15) is 0 Å². The number of nitrogens with zero attached hydrogens (tertiary/aromatic N) is 1. The highest BCUT2D eigenvalue weighted by Gasteiger charge is 2.20. The molecule has 200 valence electrons. The van der Waals surface area contributed by atoms with Gasteiger partial charge in [0.25, 0.3) is 0 Å². The smallest absolute Gasteiger partial charge is 0.339 e. The molecule has 3 rings (SSSR count). The molecule has 0 fully saturated rings. The highest BCUT2D eigenvalue weighted by atomic mass is 19.1. The summed E-state index contributed by atoms with van der Waals surface area (Å²) in [5.74, 6) is -1.67. The normalized spacial score (nSPS) is 10.6. The van der Waals surface area contributed by atoms with Gasteiger partial charge in [-0.3, -0.25) is 9.78 Å². The zero-order valence-electron chi connectivity index (χ0n) is 21.6. The lowest BCUT2D eigenvalue weighted by Gasteiger charge is -2.12. The van der Waals surface area contributed by atoms with Gasteiger partial charge >= 0.3 is 11.9 Å². The van der Waals surface area contributed by atoms with E-state index in [-0.39, 0.29) is 25.0 Å². The van der Waals surface area contributed by atoms with E-state index in [0.29, 0.717) is 24.3 Å². The van der Waals surface area contributed by atoms with Crippen molar-refractivity contribution in [2.45, 2.75) is 39.5 Å². The van der Waals surface area contributed by atoms with Crippen LogP contribution in [0, 0.1) is 5.82 Å². The van der Waals surface area contributed by atoms with Crippen LogP contribution in [0.25, 0.3) is 11.1 Å². The van der Waals surface area contributed by atoms with Crippen LogP contribution in [0.15, 0.2) is 73.1 Å². The summed E-state index contributed by atoms with van der Waals surface area (Å²) in [6, 6.07) is 17.9. The predicted molar refractivity (Wildman–Crippen MR) is 140 cm³/mol. The maximum absolute atomic E-state index is 14.2. The number of hydrogen-bond acceptors (Lipinski definition) is 7. The van der Waals surface area contributed by atoms with Gasteiger partial charge in [-0.05, 0) is 49.6 Å². The number of aliphatic hydroxyl groups is 2. The molecule has 1 unspecified atom stereocenters. The zero-order valence-corrected chi connectivity index (χ0v) is 21.6. The molecule has 0 amide bonds. The molecule has 7 nitrogen and oxygen atoms in total. The average Bonchev–Trinajstić information content (AvgIpc) is 2.94. The van der Waals surface area contributed by atoms with Crippen LogP contribution < -0.4 is 0 Å². The van der Waals surface area contributed by atoms with Crippen molar-refractivity contribution in [3.63, 3.8) is 0 Å². The third-order valence-corrected chi connectivity index (χ3v) is 4.94. The van der Waals surface area contributed by atoms with Gasteiger partial charge in [-0.25, -0.2) is 9.18 Å². The van der Waals surface area contributed by atoms with E-state index in [0.717, 1.165) is 24.0 Å². The number of carbonyl (C=O) groups excluding carboxylic acids is 2. The number of hydrogen-bond donors (Lipinski definition) is 2. The van der Waals surface area contributed by atoms with Crippen molar-refractivity contribution in [1.82, 2.24) is 4.98 Å². The van der Waals surface area contributed by atoms with Crippen LogP contribution in [0.4, 0.5) is 4.39 Å². The van der Waals surface area contributed by atoms with Crippen molar-refractivity contribution in [1.29, 1.82) is 0 Å². The topological polar surface area (TPSA) is 106 Å². The van der Waals surface area contributed by atoms with E-state index in [1.165, 1.54) is 12.3 Å². The summed E-state index contributed by atoms with van der Waals surface area (Å²) in [5.41, 5.74) is 2.62. The van der Waals surface area contributed by atoms with Crippen molar-refractivity contribution in [2.24, 2.45) is 0 Å². The number of benzene rings is 2. The first-order chi connectivity index (χ1) is 17.9. The molecule has 37 heavy (non-hydrogen) atoms. The van der Waals surface area contributed by atoms with E-state index < -0.39 is 11.9 Å². The summed E-state index contributed by atoms with van der Waals surface area (Å²) >= 11 is 0. The third-order valence-electron chi connectivity index (χ3n) is 4.94. The van der Waals surface area contributed by atoms with E-state index in [4.69, 9.17) is 19.7 Å². The molecule has 1 heterocycles. The van der Waals surface area contributed by atoms with Crippen LogP contribution in [-0.2, 0) is 14.3 Å². The molecule has 0 aliphatic carbocycles. The number of aromatic nitrogens is 1. The molecule has 3 aromatic rings. The monoisotopic (exact) mass is 513 g/mol. The average molecular weight is 514 g/mol. The number of ether oxygens (including phenoxy) is 2. The van der Waals surface area contributed by atoms with Crippen LogP contribution >= 0.6 is 0 Å². The minimum Gasteiger partial charge on any atom is -0.466 e. The summed E-state index contributed by atoms with van der Waals surface area (Å²) in [4.78, 5) is 26.8. The first kappa shape index (κ1) is 31.4. The number of rotatable bonds is 9. The molecule has 0 radical (unpaired) electrons. The molecule has 0 bridgehead atoms. The number of halogens is 1. The Labute approximate surface area is 217 Å². The number of carbonyl (C=O) groups is 2. The highest BCUT2D eigenvalue weighted by Crippen LogP contribution is 2.26. The lowest BCUT2D eigenvalue weighted by molar-refractivity contribution is -0.144. The van der Waals surface area contributed by atoms with E-state index in [1.807, 2.05) is 36.4 Å². The third kappa shape index (κ3) is 11.8. The van der Waals surface area contributed by atoms with Crippen LogP contribution in [0.5, 0.6) is 0 Å². The SMILES string of the molecule is CCCCOC(=O)c1cccnc1.CCOC(=O)C(C)c1ccc(-c2ccccc2)cc1F.OCCO. The van der Waals surface area contributed by atoms with Gasteiger partial charge in [-0.1, -0.05) is 55.8 Å². The predicted octanol–water partition coefficient (Wildman–Crippen LogP) is 5.17. The number of esters is 2. The van der Waals surface area contributed by atoms with Crippen LogP contribution in [0.2, 0.25) is 0 Å². The van der Waals surface area contributed by atoms with Crippen molar-refractivity contribution in [3.05, 3.63) is 90.0 Å². The summed E-state index contributed by atoms with van der Waals surface area (Å²) < 4.78 is 24.1. The molecular formula is C29H36FNO6. The van der Waals surface area contributed by atoms with E-state index >= 15 is 0 Å². The molecule has 2 N–H and O–H groups in total. The van der Waals surface area contributed by atoms with Crippen molar-refractivity contribution >= 4 is 11.9 Å². The Morgan fingerprint density at radius 3 is 2.19 bits per heavy atom. The fourth-order valence-corrected chi connectivity index (χ4v) is 2.96. The van der Waals surface area contributed by atoms with E-state index in [9.17, 15) is 14.0 Å². The van der Waals surface area contributed by atoms with Crippen molar-refractivity contribution < 1.29 is 33.7 Å². The molecule has 0 saturated heterocycles. The first-order valence-electron chi connectivity index (χ1n) is 12.2. The van der Waals surface area contributed by atoms with Crippen LogP contribution in [-0.4, -0.2) is 53.6 Å². The van der Waals surface area contributed by atoms with Gasteiger partial charge in [0.05, 0.1) is 37.9 Å². The fraction of sp³-hybridized carbons (Fsp3) is 0.345. The summed E-state index contributed by atoms with van der Waals surface area (Å²) in [6.45, 7) is 5.98. The molecule has 8 heteroatoms. The summed E-state index contributed by atoms with van der Waals surface area (Å²) in [6.07, 6.45) is 5.07. The second-order valence-corrected chi connectivity index (χ2v) is 7.75. The van der Waals surface area contributed by atoms with Gasteiger partial charge in [0.15, 0.2) is 0 Å². The molecule has 2 aromatic carbocycles. The number of pyridine rings is 1. The fourth-order valence-electron chi connectivity index (χ4n) is 2.96. The Morgan fingerprint density at radius 2 is 1.65 bits per heavy atom. The molecule has 1 atom stereocenters. The maximum Gasteiger partial charge on any atom is 0.339 e. The standard InChI is InChI=1S/C17H17FO2.C10H13NO2.C2H6O2/c1-3-20-17(19)12(2)15-10-9-14(11-16(15)18)13-7-5-4-6-8-13;1-2-3-7-13-10(12)9-5-4-6-11-8-9;3-1-2-4/h4-12H,3H2,1-2H3;4-6,8H,2-3,7H2,1H3;3-4H,1-2H2. The molecule has 0 aliphatic rings.